The van der Waals surface area contributed by atoms with Crippen LogP contribution < -0.4 is 10.0 Å². The second kappa shape index (κ2) is 6.74. The highest BCUT2D eigenvalue weighted by molar-refractivity contribution is 7.89. The Labute approximate surface area is 128 Å². The van der Waals surface area contributed by atoms with Crippen LogP contribution in [0.1, 0.15) is 23.2 Å². The molecule has 0 radical (unpaired) electrons. The highest BCUT2D eigenvalue weighted by Crippen LogP contribution is 2.23. The van der Waals surface area contributed by atoms with Crippen LogP contribution in [-0.2, 0) is 14.8 Å². The maximum absolute atomic E-state index is 12.3. The number of carbonyl (C=O) groups is 1. The van der Waals surface area contributed by atoms with Gasteiger partial charge in [-0.1, -0.05) is 11.6 Å². The van der Waals surface area contributed by atoms with Crippen LogP contribution in [0.25, 0.3) is 0 Å². The zero-order valence-corrected chi connectivity index (χ0v) is 13.1. The van der Waals surface area contributed by atoms with Gasteiger partial charge in [0.1, 0.15) is 4.90 Å². The average Bonchev–Trinajstić information content (AvgIpc) is 2.98. The Morgan fingerprint density at radius 3 is 2.90 bits per heavy atom. The Kier molecular flexibility index (Phi) is 5.21. The number of rotatable bonds is 5. The quantitative estimate of drug-likeness (QED) is 0.790. The van der Waals surface area contributed by atoms with Crippen molar-refractivity contribution in [3.63, 3.8) is 0 Å². The minimum absolute atomic E-state index is 0.0644. The van der Waals surface area contributed by atoms with Crippen LogP contribution in [0, 0.1) is 0 Å². The van der Waals surface area contributed by atoms with Crippen LogP contribution >= 0.6 is 11.6 Å². The molecule has 2 N–H and O–H groups in total. The summed E-state index contributed by atoms with van der Waals surface area (Å²) in [5.41, 5.74) is 0.140. The van der Waals surface area contributed by atoms with Gasteiger partial charge in [-0.15, -0.1) is 0 Å². The molecule has 0 bridgehead atoms. The lowest BCUT2D eigenvalue weighted by Gasteiger charge is -2.13. The van der Waals surface area contributed by atoms with E-state index in [1.807, 2.05) is 0 Å². The molecule has 6 nitrogen and oxygen atoms in total. The fourth-order valence-corrected chi connectivity index (χ4v) is 3.78. The standard InChI is InChI=1S/C13H17ClN2O4S/c1-20-13(17)9-4-5-11(14)12(7-9)21(18,19)16-8-10-3-2-6-15-10/h4-5,7,10,15-16H,2-3,6,8H2,1H3. The molecule has 0 amide bonds. The number of esters is 1. The maximum atomic E-state index is 12.3. The second-order valence-corrected chi connectivity index (χ2v) is 6.92. The molecule has 116 valence electrons. The molecule has 0 spiro atoms. The molecular formula is C13H17ClN2O4S. The van der Waals surface area contributed by atoms with E-state index in [9.17, 15) is 13.2 Å². The SMILES string of the molecule is COC(=O)c1ccc(Cl)c(S(=O)(=O)NCC2CCCN2)c1. The molecule has 1 saturated heterocycles. The molecule has 1 fully saturated rings. The smallest absolute Gasteiger partial charge is 0.337 e. The number of ether oxygens (including phenoxy) is 1. The third-order valence-electron chi connectivity index (χ3n) is 3.32. The predicted octanol–water partition coefficient (Wildman–Crippen LogP) is 1.16. The third-order valence-corrected chi connectivity index (χ3v) is 5.23. The molecule has 2 rings (SSSR count). The van der Waals surface area contributed by atoms with Gasteiger partial charge in [-0.05, 0) is 37.6 Å². The summed E-state index contributed by atoms with van der Waals surface area (Å²) in [6.45, 7) is 1.19. The Morgan fingerprint density at radius 2 is 2.29 bits per heavy atom. The summed E-state index contributed by atoms with van der Waals surface area (Å²) in [5.74, 6) is -0.611. The zero-order chi connectivity index (χ0) is 15.5. The van der Waals surface area contributed by atoms with Crippen molar-refractivity contribution in [1.29, 1.82) is 0 Å². The van der Waals surface area contributed by atoms with E-state index >= 15 is 0 Å². The Bertz CT molecular complexity index is 627. The monoisotopic (exact) mass is 332 g/mol. The molecule has 21 heavy (non-hydrogen) atoms. The van der Waals surface area contributed by atoms with Gasteiger partial charge < -0.3 is 10.1 Å². The van der Waals surface area contributed by atoms with Crippen LogP contribution in [0.5, 0.6) is 0 Å². The number of carbonyl (C=O) groups excluding carboxylic acids is 1. The molecule has 0 aliphatic carbocycles. The number of hydrogen-bond acceptors (Lipinski definition) is 5. The summed E-state index contributed by atoms with van der Waals surface area (Å²) in [7, 11) is -2.54. The Hall–Kier alpha value is -1.15. The van der Waals surface area contributed by atoms with E-state index in [0.29, 0.717) is 6.54 Å². The first-order valence-corrected chi connectivity index (χ1v) is 8.41. The minimum atomic E-state index is -3.77. The number of nitrogens with one attached hydrogen (secondary N) is 2. The fraction of sp³-hybridized carbons (Fsp3) is 0.462. The molecule has 0 saturated carbocycles. The van der Waals surface area contributed by atoms with Gasteiger partial charge in [-0.2, -0.15) is 0 Å². The summed E-state index contributed by atoms with van der Waals surface area (Å²) in [4.78, 5) is 11.4. The topological polar surface area (TPSA) is 84.5 Å². The van der Waals surface area contributed by atoms with Crippen LogP contribution in [0.15, 0.2) is 23.1 Å². The second-order valence-electron chi connectivity index (χ2n) is 4.78. The molecular weight excluding hydrogens is 316 g/mol. The van der Waals surface area contributed by atoms with Gasteiger partial charge in [0.05, 0.1) is 17.7 Å². The Balaban J connectivity index is 2.19. The van der Waals surface area contributed by atoms with E-state index < -0.39 is 16.0 Å². The van der Waals surface area contributed by atoms with Gasteiger partial charge in [0, 0.05) is 12.6 Å². The Morgan fingerprint density at radius 1 is 1.52 bits per heavy atom. The van der Waals surface area contributed by atoms with Gasteiger partial charge >= 0.3 is 5.97 Å². The van der Waals surface area contributed by atoms with Gasteiger partial charge in [0.2, 0.25) is 10.0 Å². The van der Waals surface area contributed by atoms with E-state index in [1.165, 1.54) is 25.3 Å². The van der Waals surface area contributed by atoms with Gasteiger partial charge in [-0.3, -0.25) is 0 Å². The molecule has 8 heteroatoms. The van der Waals surface area contributed by atoms with Gasteiger partial charge in [-0.25, -0.2) is 17.9 Å². The van der Waals surface area contributed by atoms with E-state index in [0.717, 1.165) is 19.4 Å². The number of hydrogen-bond donors (Lipinski definition) is 2. The molecule has 0 aromatic heterocycles. The van der Waals surface area contributed by atoms with Crippen molar-refractivity contribution in [2.24, 2.45) is 0 Å². The lowest BCUT2D eigenvalue weighted by molar-refractivity contribution is 0.0600. The largest absolute Gasteiger partial charge is 0.465 e. The molecule has 1 aromatic carbocycles. The minimum Gasteiger partial charge on any atom is -0.465 e. The van der Waals surface area contributed by atoms with Crippen molar-refractivity contribution in [3.8, 4) is 0 Å². The van der Waals surface area contributed by atoms with E-state index in [2.05, 4.69) is 14.8 Å². The number of halogens is 1. The van der Waals surface area contributed by atoms with Gasteiger partial charge in [0.25, 0.3) is 0 Å². The molecule has 1 unspecified atom stereocenters. The fourth-order valence-electron chi connectivity index (χ4n) is 2.17. The molecule has 1 aliphatic rings. The van der Waals surface area contributed by atoms with Crippen molar-refractivity contribution in [1.82, 2.24) is 10.0 Å². The lowest BCUT2D eigenvalue weighted by atomic mass is 10.2. The molecule has 1 aliphatic heterocycles. The summed E-state index contributed by atoms with van der Waals surface area (Å²) >= 11 is 5.94. The van der Waals surface area contributed by atoms with Crippen molar-refractivity contribution in [2.45, 2.75) is 23.8 Å². The number of sulfonamides is 1. The van der Waals surface area contributed by atoms with E-state index in [1.54, 1.807) is 0 Å². The van der Waals surface area contributed by atoms with Crippen LogP contribution in [0.4, 0.5) is 0 Å². The van der Waals surface area contributed by atoms with Crippen molar-refractivity contribution in [2.75, 3.05) is 20.2 Å². The summed E-state index contributed by atoms with van der Waals surface area (Å²) < 4.78 is 31.7. The first-order chi connectivity index (χ1) is 9.94. The maximum Gasteiger partial charge on any atom is 0.337 e. The zero-order valence-electron chi connectivity index (χ0n) is 11.6. The summed E-state index contributed by atoms with van der Waals surface area (Å²) in [6.07, 6.45) is 1.96. The number of methoxy groups -OCH3 is 1. The van der Waals surface area contributed by atoms with Crippen LogP contribution in [0.2, 0.25) is 5.02 Å². The van der Waals surface area contributed by atoms with Crippen LogP contribution in [-0.4, -0.2) is 40.6 Å². The lowest BCUT2D eigenvalue weighted by Crippen LogP contribution is -2.37. The summed E-state index contributed by atoms with van der Waals surface area (Å²) in [5, 5.41) is 3.26. The normalized spacial score (nSPS) is 18.7. The van der Waals surface area contributed by atoms with E-state index in [4.69, 9.17) is 11.6 Å². The third kappa shape index (κ3) is 3.94. The van der Waals surface area contributed by atoms with Crippen LogP contribution in [0.3, 0.4) is 0 Å². The first-order valence-electron chi connectivity index (χ1n) is 6.55. The number of benzene rings is 1. The molecule has 1 atom stereocenters. The van der Waals surface area contributed by atoms with Crippen molar-refractivity contribution >= 4 is 27.6 Å². The highest BCUT2D eigenvalue weighted by Gasteiger charge is 2.22. The summed E-state index contributed by atoms with van der Waals surface area (Å²) in [6, 6.07) is 4.14. The highest BCUT2D eigenvalue weighted by atomic mass is 35.5. The molecule has 1 aromatic rings. The van der Waals surface area contributed by atoms with Gasteiger partial charge in [0.15, 0.2) is 0 Å². The van der Waals surface area contributed by atoms with Crippen molar-refractivity contribution < 1.29 is 17.9 Å². The van der Waals surface area contributed by atoms with Crippen molar-refractivity contribution in [3.05, 3.63) is 28.8 Å². The molecule has 1 heterocycles. The average molecular weight is 333 g/mol. The van der Waals surface area contributed by atoms with E-state index in [-0.39, 0.29) is 21.5 Å². The first kappa shape index (κ1) is 16.2. The predicted molar refractivity (Wildman–Crippen MR) is 79.0 cm³/mol.